The number of nitrogens with zero attached hydrogens (tertiary/aromatic N) is 4. The Morgan fingerprint density at radius 3 is 3.04 bits per heavy atom. The standard InChI is InChI=1S/C15H18N6O2/c1-10(14-20-16-9-21(14)7-8-23-2)17-15(22)13-18-11-5-3-4-6-12(11)19-13/h3-6,9-10H,7-8H2,1-2H3,(H,17,22)(H,18,19)/t10-/m1/s1. The number of ether oxygens (including phenoxy) is 1. The number of carbonyl (C=O) groups excluding carboxylic acids is 1. The predicted molar refractivity (Wildman–Crippen MR) is 83.9 cm³/mol. The monoisotopic (exact) mass is 314 g/mol. The normalized spacial score (nSPS) is 12.4. The number of para-hydroxylation sites is 2. The van der Waals surface area contributed by atoms with Gasteiger partial charge in [-0.3, -0.25) is 4.79 Å². The lowest BCUT2D eigenvalue weighted by molar-refractivity contribution is 0.0928. The van der Waals surface area contributed by atoms with Crippen LogP contribution in [0.3, 0.4) is 0 Å². The summed E-state index contributed by atoms with van der Waals surface area (Å²) >= 11 is 0. The predicted octanol–water partition coefficient (Wildman–Crippen LogP) is 1.29. The zero-order chi connectivity index (χ0) is 16.2. The minimum absolute atomic E-state index is 0.279. The third kappa shape index (κ3) is 3.21. The van der Waals surface area contributed by atoms with Gasteiger partial charge in [0.1, 0.15) is 6.33 Å². The third-order valence-electron chi connectivity index (χ3n) is 3.52. The molecule has 3 aromatic rings. The van der Waals surface area contributed by atoms with Crippen LogP contribution in [0.5, 0.6) is 0 Å². The molecule has 120 valence electrons. The zero-order valence-corrected chi connectivity index (χ0v) is 13.0. The minimum Gasteiger partial charge on any atom is -0.383 e. The van der Waals surface area contributed by atoms with Crippen LogP contribution in [0.4, 0.5) is 0 Å². The summed E-state index contributed by atoms with van der Waals surface area (Å²) in [5, 5.41) is 10.8. The molecule has 1 amide bonds. The number of imidazole rings is 1. The maximum absolute atomic E-state index is 12.4. The lowest BCUT2D eigenvalue weighted by atomic mass is 10.3. The second-order valence-electron chi connectivity index (χ2n) is 5.17. The summed E-state index contributed by atoms with van der Waals surface area (Å²) in [6.07, 6.45) is 1.62. The second kappa shape index (κ2) is 6.57. The summed E-state index contributed by atoms with van der Waals surface area (Å²) in [5.74, 6) is 0.669. The van der Waals surface area contributed by atoms with Crippen molar-refractivity contribution in [3.63, 3.8) is 0 Å². The van der Waals surface area contributed by atoms with Crippen molar-refractivity contribution in [2.45, 2.75) is 19.5 Å². The van der Waals surface area contributed by atoms with E-state index < -0.39 is 0 Å². The average Bonchev–Trinajstić information content (AvgIpc) is 3.19. The van der Waals surface area contributed by atoms with Gasteiger partial charge >= 0.3 is 0 Å². The van der Waals surface area contributed by atoms with E-state index in [0.29, 0.717) is 19.0 Å². The molecule has 1 aromatic carbocycles. The van der Waals surface area contributed by atoms with Crippen LogP contribution >= 0.6 is 0 Å². The molecule has 1 atom stereocenters. The van der Waals surface area contributed by atoms with Gasteiger partial charge in [-0.2, -0.15) is 0 Å². The molecular weight excluding hydrogens is 296 g/mol. The number of hydrogen-bond acceptors (Lipinski definition) is 5. The molecule has 2 aromatic heterocycles. The van der Waals surface area contributed by atoms with Gasteiger partial charge in [-0.25, -0.2) is 4.98 Å². The quantitative estimate of drug-likeness (QED) is 0.714. The highest BCUT2D eigenvalue weighted by Crippen LogP contribution is 2.13. The summed E-state index contributed by atoms with van der Waals surface area (Å²) in [6.45, 7) is 3.03. The van der Waals surface area contributed by atoms with Gasteiger partial charge in [0.2, 0.25) is 0 Å². The van der Waals surface area contributed by atoms with Gasteiger partial charge in [0.05, 0.1) is 23.7 Å². The maximum Gasteiger partial charge on any atom is 0.287 e. The van der Waals surface area contributed by atoms with Crippen LogP contribution in [0.25, 0.3) is 11.0 Å². The summed E-state index contributed by atoms with van der Waals surface area (Å²) in [6, 6.07) is 7.21. The van der Waals surface area contributed by atoms with Crippen LogP contribution in [0, 0.1) is 0 Å². The van der Waals surface area contributed by atoms with Crippen LogP contribution in [0.15, 0.2) is 30.6 Å². The van der Waals surface area contributed by atoms with Crippen molar-refractivity contribution in [1.29, 1.82) is 0 Å². The molecule has 0 saturated carbocycles. The van der Waals surface area contributed by atoms with Gasteiger partial charge < -0.3 is 19.6 Å². The van der Waals surface area contributed by atoms with E-state index >= 15 is 0 Å². The van der Waals surface area contributed by atoms with E-state index in [-0.39, 0.29) is 17.8 Å². The smallest absolute Gasteiger partial charge is 0.287 e. The number of nitrogens with one attached hydrogen (secondary N) is 2. The molecule has 0 aliphatic carbocycles. The van der Waals surface area contributed by atoms with Crippen LogP contribution < -0.4 is 5.32 Å². The van der Waals surface area contributed by atoms with Gasteiger partial charge in [0.25, 0.3) is 5.91 Å². The Kier molecular flexibility index (Phi) is 4.33. The first-order valence-corrected chi connectivity index (χ1v) is 7.31. The zero-order valence-electron chi connectivity index (χ0n) is 13.0. The van der Waals surface area contributed by atoms with Crippen LogP contribution in [-0.4, -0.2) is 44.4 Å². The molecule has 0 spiro atoms. The van der Waals surface area contributed by atoms with Crippen molar-refractivity contribution in [2.75, 3.05) is 13.7 Å². The Morgan fingerprint density at radius 1 is 1.43 bits per heavy atom. The largest absolute Gasteiger partial charge is 0.383 e. The van der Waals surface area contributed by atoms with Gasteiger partial charge in [-0.1, -0.05) is 12.1 Å². The fourth-order valence-corrected chi connectivity index (χ4v) is 2.35. The number of aromatic amines is 1. The topological polar surface area (TPSA) is 97.7 Å². The molecule has 0 unspecified atom stereocenters. The van der Waals surface area contributed by atoms with E-state index in [1.165, 1.54) is 0 Å². The Hall–Kier alpha value is -2.74. The lowest BCUT2D eigenvalue weighted by Crippen LogP contribution is -2.29. The van der Waals surface area contributed by atoms with Crippen molar-refractivity contribution >= 4 is 16.9 Å². The first-order valence-electron chi connectivity index (χ1n) is 7.31. The first-order chi connectivity index (χ1) is 11.2. The third-order valence-corrected chi connectivity index (χ3v) is 3.52. The fourth-order valence-electron chi connectivity index (χ4n) is 2.35. The summed E-state index contributed by atoms with van der Waals surface area (Å²) in [4.78, 5) is 19.7. The molecule has 0 saturated heterocycles. The van der Waals surface area contributed by atoms with Crippen molar-refractivity contribution in [2.24, 2.45) is 0 Å². The van der Waals surface area contributed by atoms with E-state index in [1.807, 2.05) is 35.8 Å². The highest BCUT2D eigenvalue weighted by Gasteiger charge is 2.18. The molecule has 0 aliphatic heterocycles. The molecule has 8 nitrogen and oxygen atoms in total. The van der Waals surface area contributed by atoms with E-state index in [0.717, 1.165) is 11.0 Å². The molecule has 3 rings (SSSR count). The average molecular weight is 314 g/mol. The molecule has 2 heterocycles. The molecule has 0 radical (unpaired) electrons. The maximum atomic E-state index is 12.4. The number of fused-ring (bicyclic) bond motifs is 1. The molecule has 0 bridgehead atoms. The summed E-state index contributed by atoms with van der Waals surface area (Å²) < 4.78 is 6.91. The Balaban J connectivity index is 1.73. The number of carbonyl (C=O) groups is 1. The van der Waals surface area contributed by atoms with Gasteiger partial charge in [-0.15, -0.1) is 10.2 Å². The number of amides is 1. The molecule has 23 heavy (non-hydrogen) atoms. The number of H-pyrrole nitrogens is 1. The lowest BCUT2D eigenvalue weighted by Gasteiger charge is -2.13. The number of aromatic nitrogens is 5. The second-order valence-corrected chi connectivity index (χ2v) is 5.17. The van der Waals surface area contributed by atoms with Crippen LogP contribution in [0.1, 0.15) is 29.4 Å². The first kappa shape index (κ1) is 15.2. The van der Waals surface area contributed by atoms with Crippen LogP contribution in [-0.2, 0) is 11.3 Å². The molecular formula is C15H18N6O2. The Labute approximate surface area is 132 Å². The minimum atomic E-state index is -0.296. The van der Waals surface area contributed by atoms with E-state index in [2.05, 4.69) is 25.5 Å². The number of rotatable bonds is 6. The summed E-state index contributed by atoms with van der Waals surface area (Å²) in [7, 11) is 1.64. The van der Waals surface area contributed by atoms with E-state index in [9.17, 15) is 4.79 Å². The fraction of sp³-hybridized carbons (Fsp3) is 0.333. The summed E-state index contributed by atoms with van der Waals surface area (Å²) in [5.41, 5.74) is 1.59. The number of hydrogen-bond donors (Lipinski definition) is 2. The number of benzene rings is 1. The van der Waals surface area contributed by atoms with Crippen LogP contribution in [0.2, 0.25) is 0 Å². The Bertz CT molecular complexity index is 776. The van der Waals surface area contributed by atoms with Crippen molar-refractivity contribution in [1.82, 2.24) is 30.0 Å². The van der Waals surface area contributed by atoms with Crippen molar-refractivity contribution in [3.05, 3.63) is 42.2 Å². The highest BCUT2D eigenvalue weighted by molar-refractivity contribution is 5.94. The van der Waals surface area contributed by atoms with E-state index in [4.69, 9.17) is 4.74 Å². The molecule has 8 heteroatoms. The van der Waals surface area contributed by atoms with Crippen molar-refractivity contribution in [3.8, 4) is 0 Å². The van der Waals surface area contributed by atoms with Crippen molar-refractivity contribution < 1.29 is 9.53 Å². The van der Waals surface area contributed by atoms with Gasteiger partial charge in [0.15, 0.2) is 11.6 Å². The number of methoxy groups -OCH3 is 1. The van der Waals surface area contributed by atoms with Gasteiger partial charge in [-0.05, 0) is 19.1 Å². The molecule has 0 aliphatic rings. The highest BCUT2D eigenvalue weighted by atomic mass is 16.5. The Morgan fingerprint density at radius 2 is 2.26 bits per heavy atom. The van der Waals surface area contributed by atoms with Gasteiger partial charge in [0, 0.05) is 13.7 Å². The molecule has 2 N–H and O–H groups in total. The SMILES string of the molecule is COCCn1cnnc1[C@@H](C)NC(=O)c1nc2ccccc2[nH]1. The molecule has 0 fully saturated rings. The van der Waals surface area contributed by atoms with E-state index in [1.54, 1.807) is 13.4 Å².